The van der Waals surface area contributed by atoms with Gasteiger partial charge in [0.1, 0.15) is 0 Å². The molecule has 2 N–H and O–H groups in total. The van der Waals surface area contributed by atoms with Crippen molar-refractivity contribution in [1.82, 2.24) is 24.4 Å². The van der Waals surface area contributed by atoms with Crippen molar-refractivity contribution in [3.63, 3.8) is 0 Å². The fourth-order valence-corrected chi connectivity index (χ4v) is 4.26. The number of aromatic nitrogens is 3. The minimum Gasteiger partial charge on any atom is -0.348 e. The summed E-state index contributed by atoms with van der Waals surface area (Å²) in [6.45, 7) is 3.69. The van der Waals surface area contributed by atoms with Gasteiger partial charge in [-0.3, -0.25) is 14.5 Å². The maximum absolute atomic E-state index is 12.7. The molecule has 27 heavy (non-hydrogen) atoms. The molecule has 1 amide bonds. The lowest BCUT2D eigenvalue weighted by Gasteiger charge is -2.17. The Balaban J connectivity index is 1.63. The van der Waals surface area contributed by atoms with Gasteiger partial charge in [-0.15, -0.1) is 0 Å². The Morgan fingerprint density at radius 2 is 2.07 bits per heavy atom. The van der Waals surface area contributed by atoms with Crippen LogP contribution in [0.3, 0.4) is 0 Å². The van der Waals surface area contributed by atoms with Crippen LogP contribution in [0.25, 0.3) is 0 Å². The van der Waals surface area contributed by atoms with E-state index in [1.165, 1.54) is 7.05 Å². The van der Waals surface area contributed by atoms with Gasteiger partial charge in [0.15, 0.2) is 10.6 Å². The van der Waals surface area contributed by atoms with E-state index in [1.54, 1.807) is 18.2 Å². The van der Waals surface area contributed by atoms with Gasteiger partial charge in [-0.1, -0.05) is 6.07 Å². The first-order chi connectivity index (χ1) is 12.7. The average molecular weight is 410 g/mol. The lowest BCUT2D eigenvalue weighted by atomic mass is 10.1. The highest BCUT2D eigenvalue weighted by Gasteiger charge is 2.28. The van der Waals surface area contributed by atoms with Gasteiger partial charge in [-0.2, -0.15) is 9.40 Å². The van der Waals surface area contributed by atoms with Crippen LogP contribution in [0.15, 0.2) is 23.1 Å². The topological polar surface area (TPSA) is 100 Å². The second-order valence-corrected chi connectivity index (χ2v) is 9.26. The van der Waals surface area contributed by atoms with E-state index in [4.69, 9.17) is 12.2 Å². The Morgan fingerprint density at radius 3 is 2.70 bits per heavy atom. The van der Waals surface area contributed by atoms with Crippen molar-refractivity contribution < 1.29 is 13.2 Å². The summed E-state index contributed by atoms with van der Waals surface area (Å²) in [7, 11) is -2.34. The van der Waals surface area contributed by atoms with Gasteiger partial charge < -0.3 is 5.32 Å². The number of sulfonamides is 1. The summed E-state index contributed by atoms with van der Waals surface area (Å²) >= 11 is 5.21. The number of carbonyl (C=O) groups is 1. The van der Waals surface area contributed by atoms with Gasteiger partial charge in [-0.25, -0.2) is 8.42 Å². The van der Waals surface area contributed by atoms with Crippen molar-refractivity contribution in [2.45, 2.75) is 44.2 Å². The smallest absolute Gasteiger partial charge is 0.243 e. The van der Waals surface area contributed by atoms with Gasteiger partial charge >= 0.3 is 0 Å². The number of benzene rings is 1. The Kier molecular flexibility index (Phi) is 5.50. The lowest BCUT2D eigenvalue weighted by molar-refractivity contribution is -0.121. The van der Waals surface area contributed by atoms with Crippen LogP contribution in [-0.2, 0) is 21.4 Å². The van der Waals surface area contributed by atoms with Crippen molar-refractivity contribution in [2.24, 2.45) is 0 Å². The molecular formula is C17H23N5O3S2. The molecule has 0 unspecified atom stereocenters. The third kappa shape index (κ3) is 4.28. The maximum Gasteiger partial charge on any atom is 0.243 e. The molecule has 0 atom stereocenters. The fourth-order valence-electron chi connectivity index (χ4n) is 2.75. The second-order valence-electron chi connectivity index (χ2n) is 6.83. The van der Waals surface area contributed by atoms with Crippen molar-refractivity contribution in [3.8, 4) is 0 Å². The molecule has 10 heteroatoms. The SMILES string of the molecule is Cc1ccc(S(=O)(=O)N(C)CC(=O)NCc2n[nH]c(=S)n2C2CC2)cc1C. The van der Waals surface area contributed by atoms with Crippen LogP contribution in [0.5, 0.6) is 0 Å². The van der Waals surface area contributed by atoms with Crippen molar-refractivity contribution in [1.29, 1.82) is 0 Å². The van der Waals surface area contributed by atoms with Crippen LogP contribution in [0.2, 0.25) is 0 Å². The summed E-state index contributed by atoms with van der Waals surface area (Å²) in [5, 5.41) is 9.59. The number of amides is 1. The molecule has 1 aliphatic carbocycles. The van der Waals surface area contributed by atoms with Gasteiger partial charge in [0, 0.05) is 13.1 Å². The normalized spacial score (nSPS) is 14.5. The van der Waals surface area contributed by atoms with E-state index < -0.39 is 15.9 Å². The standard InChI is InChI=1S/C17H23N5O3S2/c1-11-4-7-14(8-12(11)2)27(24,25)21(3)10-16(23)18-9-15-19-20-17(26)22(15)13-5-6-13/h4,7-8,13H,5-6,9-10H2,1-3H3,(H,18,23)(H,20,26). The fraction of sp³-hybridized carbons (Fsp3) is 0.471. The molecule has 1 aromatic carbocycles. The van der Waals surface area contributed by atoms with Crippen LogP contribution >= 0.6 is 12.2 Å². The predicted molar refractivity (Wildman–Crippen MR) is 103 cm³/mol. The Morgan fingerprint density at radius 1 is 1.37 bits per heavy atom. The third-order valence-electron chi connectivity index (χ3n) is 4.69. The zero-order valence-electron chi connectivity index (χ0n) is 15.5. The van der Waals surface area contributed by atoms with Crippen LogP contribution in [0, 0.1) is 18.6 Å². The molecule has 3 rings (SSSR count). The largest absolute Gasteiger partial charge is 0.348 e. The highest BCUT2D eigenvalue weighted by atomic mass is 32.2. The summed E-state index contributed by atoms with van der Waals surface area (Å²) in [6.07, 6.45) is 2.09. The molecule has 1 aliphatic rings. The molecule has 1 fully saturated rings. The van der Waals surface area contributed by atoms with E-state index in [1.807, 2.05) is 18.4 Å². The van der Waals surface area contributed by atoms with E-state index in [0.29, 0.717) is 16.6 Å². The first-order valence-corrected chi connectivity index (χ1v) is 10.5. The minimum absolute atomic E-state index is 0.176. The average Bonchev–Trinajstić information content (AvgIpc) is 3.38. The van der Waals surface area contributed by atoms with Crippen LogP contribution in [0.1, 0.15) is 35.8 Å². The molecule has 2 aromatic rings. The number of hydrogen-bond donors (Lipinski definition) is 2. The number of rotatable bonds is 7. The van der Waals surface area contributed by atoms with Gasteiger partial charge in [0.25, 0.3) is 0 Å². The molecular weight excluding hydrogens is 386 g/mol. The van der Waals surface area contributed by atoms with E-state index in [9.17, 15) is 13.2 Å². The van der Waals surface area contributed by atoms with E-state index in [0.717, 1.165) is 28.3 Å². The first kappa shape index (κ1) is 19.7. The van der Waals surface area contributed by atoms with Gasteiger partial charge in [-0.05, 0) is 62.2 Å². The van der Waals surface area contributed by atoms with Crippen molar-refractivity contribution in [3.05, 3.63) is 39.9 Å². The van der Waals surface area contributed by atoms with Crippen LogP contribution < -0.4 is 5.32 Å². The van der Waals surface area contributed by atoms with Crippen LogP contribution in [-0.4, -0.2) is 47.0 Å². The molecule has 0 saturated heterocycles. The predicted octanol–water partition coefficient (Wildman–Crippen LogP) is 1.83. The molecule has 1 heterocycles. The molecule has 0 bridgehead atoms. The van der Waals surface area contributed by atoms with Crippen LogP contribution in [0.4, 0.5) is 0 Å². The molecule has 146 valence electrons. The van der Waals surface area contributed by atoms with Crippen molar-refractivity contribution >= 4 is 28.1 Å². The number of carbonyl (C=O) groups excluding carboxylic acids is 1. The van der Waals surface area contributed by atoms with Crippen molar-refractivity contribution in [2.75, 3.05) is 13.6 Å². The zero-order valence-corrected chi connectivity index (χ0v) is 17.2. The Bertz CT molecular complexity index is 1020. The monoisotopic (exact) mass is 409 g/mol. The van der Waals surface area contributed by atoms with Gasteiger partial charge in [0.2, 0.25) is 15.9 Å². The summed E-state index contributed by atoms with van der Waals surface area (Å²) in [6, 6.07) is 5.28. The molecule has 0 spiro atoms. The number of hydrogen-bond acceptors (Lipinski definition) is 5. The third-order valence-corrected chi connectivity index (χ3v) is 6.77. The Hall–Kier alpha value is -2.04. The van der Waals surface area contributed by atoms with Gasteiger partial charge in [0.05, 0.1) is 18.0 Å². The molecule has 1 aromatic heterocycles. The summed E-state index contributed by atoms with van der Waals surface area (Å²) < 4.78 is 28.8. The number of nitrogens with zero attached hydrogens (tertiary/aromatic N) is 3. The van der Waals surface area contributed by atoms with E-state index in [-0.39, 0.29) is 18.0 Å². The highest BCUT2D eigenvalue weighted by molar-refractivity contribution is 7.89. The number of aromatic amines is 1. The molecule has 0 aliphatic heterocycles. The molecule has 1 saturated carbocycles. The minimum atomic E-state index is -3.73. The second kappa shape index (κ2) is 7.53. The number of likely N-dealkylation sites (N-methyl/N-ethyl adjacent to an activating group) is 1. The quantitative estimate of drug-likeness (QED) is 0.680. The zero-order chi connectivity index (χ0) is 19.8. The highest BCUT2D eigenvalue weighted by Crippen LogP contribution is 2.35. The number of nitrogens with one attached hydrogen (secondary N) is 2. The van der Waals surface area contributed by atoms with E-state index >= 15 is 0 Å². The summed E-state index contributed by atoms with van der Waals surface area (Å²) in [5.74, 6) is 0.247. The summed E-state index contributed by atoms with van der Waals surface area (Å²) in [5.41, 5.74) is 1.90. The summed E-state index contributed by atoms with van der Waals surface area (Å²) in [4.78, 5) is 12.4. The maximum atomic E-state index is 12.7. The molecule has 0 radical (unpaired) electrons. The van der Waals surface area contributed by atoms with E-state index in [2.05, 4.69) is 15.5 Å². The number of H-pyrrole nitrogens is 1. The lowest BCUT2D eigenvalue weighted by Crippen LogP contribution is -2.38. The molecule has 8 nitrogen and oxygen atoms in total. The first-order valence-electron chi connectivity index (χ1n) is 8.66. The number of aryl methyl sites for hydroxylation is 2. The Labute approximate surface area is 163 Å².